The van der Waals surface area contributed by atoms with Crippen molar-refractivity contribution >= 4 is 29.3 Å². The van der Waals surface area contributed by atoms with E-state index >= 15 is 0 Å². The largest absolute Gasteiger partial charge is 0.293 e. The Morgan fingerprint density at radius 3 is 2.50 bits per heavy atom. The van der Waals surface area contributed by atoms with Gasteiger partial charge in [0.1, 0.15) is 0 Å². The van der Waals surface area contributed by atoms with Crippen LogP contribution in [0.25, 0.3) is 0 Å². The van der Waals surface area contributed by atoms with E-state index in [0.29, 0.717) is 11.7 Å². The number of hydrogen-bond acceptors (Lipinski definition) is 3. The lowest BCUT2D eigenvalue weighted by Gasteiger charge is -2.35. The van der Waals surface area contributed by atoms with Gasteiger partial charge in [-0.15, -0.1) is 0 Å². The number of Topliss-reactive ketones (excluding diaryl/α,β-unsaturated/α-hetero) is 1. The maximum absolute atomic E-state index is 12.5. The summed E-state index contributed by atoms with van der Waals surface area (Å²) in [5, 5.41) is 0. The highest BCUT2D eigenvalue weighted by atomic mass is 32.2. The summed E-state index contributed by atoms with van der Waals surface area (Å²) in [5.41, 5.74) is 0.692. The number of ketones is 1. The summed E-state index contributed by atoms with van der Waals surface area (Å²) in [5.74, 6) is 2.39. The van der Waals surface area contributed by atoms with Gasteiger partial charge in [0.2, 0.25) is 0 Å². The average Bonchev–Trinajstić information content (AvgIpc) is 2.24. The zero-order chi connectivity index (χ0) is 12.2. The molecule has 1 unspecified atom stereocenters. The van der Waals surface area contributed by atoms with E-state index in [1.807, 2.05) is 12.3 Å². The summed E-state index contributed by atoms with van der Waals surface area (Å²) in [6, 6.07) is 0. The second kappa shape index (κ2) is 5.97. The third-order valence-corrected chi connectivity index (χ3v) is 4.48. The van der Waals surface area contributed by atoms with E-state index in [-0.39, 0.29) is 5.41 Å². The third kappa shape index (κ3) is 2.57. The van der Waals surface area contributed by atoms with E-state index in [2.05, 4.69) is 32.3 Å². The first-order chi connectivity index (χ1) is 7.58. The Labute approximate surface area is 107 Å². The minimum Gasteiger partial charge on any atom is -0.293 e. The van der Waals surface area contributed by atoms with Gasteiger partial charge in [-0.05, 0) is 18.4 Å². The highest BCUT2D eigenvalue weighted by Gasteiger charge is 2.40. The van der Waals surface area contributed by atoms with E-state index in [9.17, 15) is 4.79 Å². The van der Waals surface area contributed by atoms with Crippen LogP contribution in [0.4, 0.5) is 0 Å². The van der Waals surface area contributed by atoms with Crippen molar-refractivity contribution < 1.29 is 4.79 Å². The first-order valence-electron chi connectivity index (χ1n) is 5.49. The Bertz CT molecular complexity index is 318. The van der Waals surface area contributed by atoms with E-state index in [0.717, 1.165) is 17.1 Å². The summed E-state index contributed by atoms with van der Waals surface area (Å²) in [7, 11) is 0. The van der Waals surface area contributed by atoms with Crippen LogP contribution in [0.2, 0.25) is 0 Å². The Hall–Kier alpha value is -0.150. The van der Waals surface area contributed by atoms with Gasteiger partial charge in [-0.25, -0.2) is 0 Å². The number of allylic oxidation sites excluding steroid dienone is 3. The van der Waals surface area contributed by atoms with Gasteiger partial charge < -0.3 is 0 Å². The van der Waals surface area contributed by atoms with Crippen LogP contribution < -0.4 is 0 Å². The van der Waals surface area contributed by atoms with Crippen molar-refractivity contribution in [2.24, 2.45) is 11.3 Å². The number of hydrogen-bond donors (Lipinski definition) is 0. The molecule has 16 heavy (non-hydrogen) atoms. The highest BCUT2D eigenvalue weighted by Crippen LogP contribution is 2.38. The molecule has 0 saturated heterocycles. The average molecular weight is 256 g/mol. The van der Waals surface area contributed by atoms with E-state index in [1.165, 1.54) is 0 Å². The molecule has 0 amide bonds. The second-order valence-electron chi connectivity index (χ2n) is 4.44. The molecule has 1 rings (SSSR count). The Morgan fingerprint density at radius 2 is 2.00 bits per heavy atom. The lowest BCUT2D eigenvalue weighted by atomic mass is 9.71. The smallest absolute Gasteiger partial charge is 0.170 e. The van der Waals surface area contributed by atoms with Crippen LogP contribution in [0.5, 0.6) is 0 Å². The van der Waals surface area contributed by atoms with Crippen molar-refractivity contribution in [2.75, 3.05) is 24.0 Å². The standard InChI is InChI=1S/C13H20OS2/c1-10(2)13(9-16-4)7-5-6-11(8-15-3)12(13)14/h5-7,10H,8-9H2,1-4H3. The molecule has 0 radical (unpaired) electrons. The molecule has 0 saturated carbocycles. The van der Waals surface area contributed by atoms with Gasteiger partial charge in [0.25, 0.3) is 0 Å². The summed E-state index contributed by atoms with van der Waals surface area (Å²) in [6.45, 7) is 4.28. The van der Waals surface area contributed by atoms with Gasteiger partial charge in [-0.2, -0.15) is 23.5 Å². The third-order valence-electron chi connectivity index (χ3n) is 3.12. The molecule has 0 aromatic carbocycles. The topological polar surface area (TPSA) is 17.1 Å². The Kier molecular flexibility index (Phi) is 5.19. The predicted molar refractivity (Wildman–Crippen MR) is 76.3 cm³/mol. The molecule has 0 aliphatic heterocycles. The molecule has 1 aliphatic rings. The zero-order valence-electron chi connectivity index (χ0n) is 10.4. The normalized spacial score (nSPS) is 25.1. The summed E-state index contributed by atoms with van der Waals surface area (Å²) in [4.78, 5) is 12.5. The molecular formula is C13H20OS2. The molecule has 0 heterocycles. The van der Waals surface area contributed by atoms with Gasteiger partial charge in [0, 0.05) is 17.1 Å². The number of thioether (sulfide) groups is 2. The van der Waals surface area contributed by atoms with Crippen molar-refractivity contribution in [3.05, 3.63) is 23.8 Å². The minimum absolute atomic E-state index is 0.279. The summed E-state index contributed by atoms with van der Waals surface area (Å²) >= 11 is 3.47. The predicted octanol–water partition coefficient (Wildman–Crippen LogP) is 3.42. The summed E-state index contributed by atoms with van der Waals surface area (Å²) < 4.78 is 0. The molecule has 1 nitrogen and oxygen atoms in total. The van der Waals surface area contributed by atoms with Crippen LogP contribution in [0, 0.1) is 11.3 Å². The number of rotatable bonds is 5. The molecule has 0 fully saturated rings. The fourth-order valence-corrected chi connectivity index (χ4v) is 3.61. The number of carbonyl (C=O) groups excluding carboxylic acids is 1. The van der Waals surface area contributed by atoms with Crippen molar-refractivity contribution in [2.45, 2.75) is 13.8 Å². The second-order valence-corrected chi connectivity index (χ2v) is 6.17. The molecule has 90 valence electrons. The fourth-order valence-electron chi connectivity index (χ4n) is 2.03. The lowest BCUT2D eigenvalue weighted by molar-refractivity contribution is -0.123. The van der Waals surface area contributed by atoms with Crippen LogP contribution in [0.1, 0.15) is 13.8 Å². The zero-order valence-corrected chi connectivity index (χ0v) is 12.1. The van der Waals surface area contributed by atoms with Gasteiger partial charge in [0.05, 0.1) is 5.41 Å². The van der Waals surface area contributed by atoms with Gasteiger partial charge >= 0.3 is 0 Å². The molecule has 0 aromatic rings. The van der Waals surface area contributed by atoms with E-state index < -0.39 is 0 Å². The molecular weight excluding hydrogens is 236 g/mol. The maximum atomic E-state index is 12.5. The monoisotopic (exact) mass is 256 g/mol. The maximum Gasteiger partial charge on any atom is 0.170 e. The van der Waals surface area contributed by atoms with Crippen molar-refractivity contribution in [3.8, 4) is 0 Å². The molecule has 0 spiro atoms. The fraction of sp³-hybridized carbons (Fsp3) is 0.615. The Balaban J connectivity index is 3.01. The van der Waals surface area contributed by atoms with Gasteiger partial charge in [-0.1, -0.05) is 32.1 Å². The van der Waals surface area contributed by atoms with Crippen molar-refractivity contribution in [1.82, 2.24) is 0 Å². The first kappa shape index (κ1) is 13.9. The van der Waals surface area contributed by atoms with Crippen LogP contribution >= 0.6 is 23.5 Å². The van der Waals surface area contributed by atoms with Crippen molar-refractivity contribution in [1.29, 1.82) is 0 Å². The molecule has 1 aliphatic carbocycles. The van der Waals surface area contributed by atoms with Gasteiger partial charge in [-0.3, -0.25) is 4.79 Å². The Morgan fingerprint density at radius 1 is 1.31 bits per heavy atom. The minimum atomic E-state index is -0.279. The van der Waals surface area contributed by atoms with E-state index in [4.69, 9.17) is 0 Å². The first-order valence-corrected chi connectivity index (χ1v) is 8.28. The molecule has 1 atom stereocenters. The van der Waals surface area contributed by atoms with Crippen LogP contribution in [0.3, 0.4) is 0 Å². The van der Waals surface area contributed by atoms with Crippen LogP contribution in [0.15, 0.2) is 23.8 Å². The molecule has 0 N–H and O–H groups in total. The molecule has 0 aromatic heterocycles. The molecule has 0 bridgehead atoms. The quantitative estimate of drug-likeness (QED) is 0.750. The lowest BCUT2D eigenvalue weighted by Crippen LogP contribution is -2.39. The summed E-state index contributed by atoms with van der Waals surface area (Å²) in [6.07, 6.45) is 10.2. The molecule has 3 heteroatoms. The van der Waals surface area contributed by atoms with Crippen LogP contribution in [-0.2, 0) is 4.79 Å². The van der Waals surface area contributed by atoms with E-state index in [1.54, 1.807) is 23.5 Å². The SMILES string of the molecule is CSCC1=CC=CC(CSC)(C(C)C)C1=O. The number of carbonyl (C=O) groups is 1. The van der Waals surface area contributed by atoms with Gasteiger partial charge in [0.15, 0.2) is 5.78 Å². The van der Waals surface area contributed by atoms with Crippen molar-refractivity contribution in [3.63, 3.8) is 0 Å². The van der Waals surface area contributed by atoms with Crippen LogP contribution in [-0.4, -0.2) is 29.8 Å². The highest BCUT2D eigenvalue weighted by molar-refractivity contribution is 7.99.